The first-order chi connectivity index (χ1) is 12.5. The van der Waals surface area contributed by atoms with Crippen molar-refractivity contribution in [2.75, 3.05) is 10.6 Å². The number of nitrogens with zero attached hydrogens (tertiary/aromatic N) is 2. The molecule has 0 amide bonds. The Kier molecular flexibility index (Phi) is 4.50. The first-order valence-corrected chi connectivity index (χ1v) is 9.02. The van der Waals surface area contributed by atoms with Gasteiger partial charge in [-0.05, 0) is 36.3 Å². The Morgan fingerprint density at radius 2 is 1.96 bits per heavy atom. The Morgan fingerprint density at radius 3 is 2.73 bits per heavy atom. The van der Waals surface area contributed by atoms with Crippen molar-refractivity contribution in [2.24, 2.45) is 5.92 Å². The molecule has 2 aliphatic rings. The van der Waals surface area contributed by atoms with Crippen molar-refractivity contribution in [1.82, 2.24) is 9.97 Å². The van der Waals surface area contributed by atoms with Crippen LogP contribution in [0.25, 0.3) is 0 Å². The molecule has 1 fully saturated rings. The Labute approximate surface area is 151 Å². The Bertz CT molecular complexity index is 803. The van der Waals surface area contributed by atoms with E-state index in [1.54, 1.807) is 0 Å². The molecule has 26 heavy (non-hydrogen) atoms. The molecule has 0 spiro atoms. The van der Waals surface area contributed by atoms with Gasteiger partial charge in [-0.2, -0.15) is 4.98 Å². The molecule has 0 unspecified atom stereocenters. The van der Waals surface area contributed by atoms with Crippen LogP contribution in [0, 0.1) is 11.7 Å². The highest BCUT2D eigenvalue weighted by Gasteiger charge is 2.39. The van der Waals surface area contributed by atoms with Gasteiger partial charge in [0, 0.05) is 0 Å². The lowest BCUT2D eigenvalue weighted by atomic mass is 10.1. The van der Waals surface area contributed by atoms with E-state index in [4.69, 9.17) is 0 Å². The van der Waals surface area contributed by atoms with E-state index < -0.39 is 24.1 Å². The minimum atomic E-state index is -0.947. The molecular formula is C19H23FN4O2. The van der Waals surface area contributed by atoms with Gasteiger partial charge in [0.2, 0.25) is 5.95 Å². The number of rotatable bonds is 4. The molecule has 4 rings (SSSR count). The van der Waals surface area contributed by atoms with Crippen molar-refractivity contribution in [2.45, 2.75) is 50.5 Å². The van der Waals surface area contributed by atoms with E-state index in [1.807, 2.05) is 19.1 Å². The predicted molar refractivity (Wildman–Crippen MR) is 96.3 cm³/mol. The van der Waals surface area contributed by atoms with Crippen LogP contribution >= 0.6 is 0 Å². The van der Waals surface area contributed by atoms with Crippen LogP contribution < -0.4 is 10.6 Å². The number of hydrogen-bond donors (Lipinski definition) is 4. The zero-order valence-electron chi connectivity index (χ0n) is 14.6. The molecule has 2 aromatic rings. The number of hydrogen-bond acceptors (Lipinski definition) is 6. The number of nitrogens with one attached hydrogen (secondary N) is 2. The Morgan fingerprint density at radius 1 is 1.15 bits per heavy atom. The maximum Gasteiger partial charge on any atom is 0.225 e. The number of fused-ring (bicyclic) bond motifs is 1. The standard InChI is InChI=1S/C19H23FN4O2/c1-10-8-15(17(26)16(10)25)22-18-13(20)9-21-19(24-18)23-14-7-6-11-4-2-3-5-12(11)14/h2-5,9-10,14-17,25-26H,6-8H2,1H3,(H2,21,22,23,24)/t10-,14+,15-,16-,17+/m1/s1. The van der Waals surface area contributed by atoms with Gasteiger partial charge in [-0.3, -0.25) is 0 Å². The van der Waals surface area contributed by atoms with E-state index in [2.05, 4.69) is 32.7 Å². The van der Waals surface area contributed by atoms with Crippen LogP contribution in [-0.2, 0) is 6.42 Å². The average Bonchev–Trinajstić information content (AvgIpc) is 3.15. The van der Waals surface area contributed by atoms with E-state index in [-0.39, 0.29) is 17.8 Å². The summed E-state index contributed by atoms with van der Waals surface area (Å²) in [7, 11) is 0. The molecule has 7 heteroatoms. The SMILES string of the molecule is C[C@@H]1C[C@@H](Nc2nc(N[C@H]3CCc4ccccc43)ncc2F)[C@H](O)[C@@H]1O. The van der Waals surface area contributed by atoms with Crippen LogP contribution in [0.2, 0.25) is 0 Å². The van der Waals surface area contributed by atoms with Crippen molar-refractivity contribution < 1.29 is 14.6 Å². The summed E-state index contributed by atoms with van der Waals surface area (Å²) in [6.45, 7) is 1.86. The fourth-order valence-corrected chi connectivity index (χ4v) is 3.97. The molecule has 1 saturated carbocycles. The molecule has 138 valence electrons. The van der Waals surface area contributed by atoms with Gasteiger partial charge in [0.25, 0.3) is 0 Å². The number of aromatic nitrogens is 2. The summed E-state index contributed by atoms with van der Waals surface area (Å²) in [4.78, 5) is 8.31. The van der Waals surface area contributed by atoms with Gasteiger partial charge in [0.1, 0.15) is 6.10 Å². The normalized spacial score (nSPS) is 30.2. The highest BCUT2D eigenvalue weighted by atomic mass is 19.1. The minimum absolute atomic E-state index is 0.0409. The molecule has 2 aliphatic carbocycles. The number of aliphatic hydroxyl groups excluding tert-OH is 2. The largest absolute Gasteiger partial charge is 0.390 e. The second kappa shape index (κ2) is 6.81. The molecule has 0 bridgehead atoms. The van der Waals surface area contributed by atoms with Crippen molar-refractivity contribution in [1.29, 1.82) is 0 Å². The zero-order chi connectivity index (χ0) is 18.3. The first kappa shape index (κ1) is 17.2. The molecule has 6 nitrogen and oxygen atoms in total. The monoisotopic (exact) mass is 358 g/mol. The lowest BCUT2D eigenvalue weighted by Gasteiger charge is -2.20. The summed E-state index contributed by atoms with van der Waals surface area (Å²) in [5.41, 5.74) is 2.53. The van der Waals surface area contributed by atoms with Gasteiger partial charge in [0.05, 0.1) is 24.4 Å². The van der Waals surface area contributed by atoms with Gasteiger partial charge in [-0.1, -0.05) is 31.2 Å². The van der Waals surface area contributed by atoms with Crippen molar-refractivity contribution in [3.63, 3.8) is 0 Å². The van der Waals surface area contributed by atoms with Crippen molar-refractivity contribution in [3.8, 4) is 0 Å². The lowest BCUT2D eigenvalue weighted by molar-refractivity contribution is 0.0210. The summed E-state index contributed by atoms with van der Waals surface area (Å²) in [6, 6.07) is 7.89. The molecule has 0 aliphatic heterocycles. The molecule has 4 N–H and O–H groups in total. The predicted octanol–water partition coefficient (Wildman–Crippen LogP) is 2.26. The topological polar surface area (TPSA) is 90.3 Å². The average molecular weight is 358 g/mol. The van der Waals surface area contributed by atoms with Gasteiger partial charge in [-0.15, -0.1) is 0 Å². The number of benzene rings is 1. The second-order valence-electron chi connectivity index (χ2n) is 7.27. The van der Waals surface area contributed by atoms with Gasteiger partial charge < -0.3 is 20.8 Å². The Balaban J connectivity index is 1.50. The van der Waals surface area contributed by atoms with E-state index in [0.29, 0.717) is 12.4 Å². The maximum absolute atomic E-state index is 14.1. The molecule has 1 aromatic heterocycles. The van der Waals surface area contributed by atoms with Crippen LogP contribution in [0.4, 0.5) is 16.2 Å². The van der Waals surface area contributed by atoms with E-state index in [9.17, 15) is 14.6 Å². The van der Waals surface area contributed by atoms with Crippen LogP contribution in [0.3, 0.4) is 0 Å². The summed E-state index contributed by atoms with van der Waals surface area (Å²) in [5, 5.41) is 26.2. The molecule has 1 aromatic carbocycles. The number of aryl methyl sites for hydroxylation is 1. The molecule has 1 heterocycles. The lowest BCUT2D eigenvalue weighted by Crippen LogP contribution is -2.35. The number of anilines is 2. The smallest absolute Gasteiger partial charge is 0.225 e. The maximum atomic E-state index is 14.1. The van der Waals surface area contributed by atoms with Crippen molar-refractivity contribution in [3.05, 3.63) is 47.4 Å². The van der Waals surface area contributed by atoms with E-state index in [0.717, 1.165) is 19.0 Å². The summed E-state index contributed by atoms with van der Waals surface area (Å²) in [5.74, 6) is -0.251. The van der Waals surface area contributed by atoms with Crippen LogP contribution in [0.1, 0.15) is 36.9 Å². The van der Waals surface area contributed by atoms with E-state index >= 15 is 0 Å². The highest BCUT2D eigenvalue weighted by Crippen LogP contribution is 2.33. The third-order valence-electron chi connectivity index (χ3n) is 5.47. The van der Waals surface area contributed by atoms with Crippen LogP contribution in [-0.4, -0.2) is 38.4 Å². The minimum Gasteiger partial charge on any atom is -0.390 e. The second-order valence-corrected chi connectivity index (χ2v) is 7.27. The fraction of sp³-hybridized carbons (Fsp3) is 0.474. The summed E-state index contributed by atoms with van der Waals surface area (Å²) >= 11 is 0. The van der Waals surface area contributed by atoms with Gasteiger partial charge in [-0.25, -0.2) is 9.37 Å². The molecule has 5 atom stereocenters. The number of aliphatic hydroxyl groups is 2. The fourth-order valence-electron chi connectivity index (χ4n) is 3.97. The first-order valence-electron chi connectivity index (χ1n) is 9.02. The zero-order valence-corrected chi connectivity index (χ0v) is 14.6. The van der Waals surface area contributed by atoms with Gasteiger partial charge in [0.15, 0.2) is 11.6 Å². The molecule has 0 saturated heterocycles. The Hall–Kier alpha value is -2.25. The van der Waals surface area contributed by atoms with Crippen LogP contribution in [0.5, 0.6) is 0 Å². The summed E-state index contributed by atoms with van der Waals surface area (Å²) < 4.78 is 14.1. The summed E-state index contributed by atoms with van der Waals surface area (Å²) in [6.07, 6.45) is 1.84. The highest BCUT2D eigenvalue weighted by molar-refractivity contribution is 5.45. The van der Waals surface area contributed by atoms with Gasteiger partial charge >= 0.3 is 0 Å². The van der Waals surface area contributed by atoms with Crippen molar-refractivity contribution >= 4 is 11.8 Å². The quantitative estimate of drug-likeness (QED) is 0.670. The van der Waals surface area contributed by atoms with Crippen LogP contribution in [0.15, 0.2) is 30.5 Å². The van der Waals surface area contributed by atoms with E-state index in [1.165, 1.54) is 11.1 Å². The molecule has 0 radical (unpaired) electrons. The molecular weight excluding hydrogens is 335 g/mol. The number of halogens is 1. The third-order valence-corrected chi connectivity index (χ3v) is 5.47. The third kappa shape index (κ3) is 3.12.